The molecule has 0 saturated carbocycles. The van der Waals surface area contributed by atoms with E-state index in [9.17, 15) is 28.8 Å². The van der Waals surface area contributed by atoms with Crippen LogP contribution in [0, 0.1) is 12.0 Å². The number of ether oxygens (including phenoxy) is 3. The number of aromatic nitrogens is 4. The third-order valence-corrected chi connectivity index (χ3v) is 7.38. The van der Waals surface area contributed by atoms with Crippen LogP contribution in [0.15, 0.2) is 6.33 Å². The molecule has 3 heterocycles. The number of aliphatic hydroxyl groups is 2. The number of nitrogens with two attached hydrogens (primary N) is 1. The Bertz CT molecular complexity index is 1260. The van der Waals surface area contributed by atoms with Crippen LogP contribution in [-0.4, -0.2) is 93.0 Å². The zero-order valence-corrected chi connectivity index (χ0v) is 23.5. The standard InChI is InChI=1S/C22H34FN6O10P/c1-11(2)6-13(20(32)39-12(3)4)28-40(34,38-8-15(30)35-5)37-7-14-17(31)22(33,9-36-14)29-10-25-16-18(24)26-21(23)27-19(16)29/h10-14,17,31,33H,6-9H2,1-5H3,(H,28,34)(H2,24,26,27)/t13-,14+,17?,22?,40?/m0/s1. The number of carbonyl (C=O) groups excluding carboxylic acids is 2. The van der Waals surface area contributed by atoms with Gasteiger partial charge in [0.05, 0.1) is 32.8 Å². The number of rotatable bonds is 13. The van der Waals surface area contributed by atoms with Crippen LogP contribution in [0.5, 0.6) is 0 Å². The van der Waals surface area contributed by atoms with E-state index in [2.05, 4.69) is 24.8 Å². The zero-order chi connectivity index (χ0) is 29.8. The van der Waals surface area contributed by atoms with E-state index in [0.717, 1.165) is 18.0 Å². The number of carbonyl (C=O) groups is 2. The predicted octanol–water partition coefficient (Wildman–Crippen LogP) is 0.223. The van der Waals surface area contributed by atoms with E-state index in [1.54, 1.807) is 13.8 Å². The van der Waals surface area contributed by atoms with Crippen LogP contribution in [0.2, 0.25) is 0 Å². The molecule has 2 aromatic heterocycles. The minimum absolute atomic E-state index is 0.0175. The number of hydrogen-bond donors (Lipinski definition) is 4. The molecule has 1 saturated heterocycles. The monoisotopic (exact) mass is 592 g/mol. The maximum atomic E-state index is 13.8. The Balaban J connectivity index is 1.81. The van der Waals surface area contributed by atoms with Crippen LogP contribution in [0.3, 0.4) is 0 Å². The molecule has 3 rings (SSSR count). The summed E-state index contributed by atoms with van der Waals surface area (Å²) in [7, 11) is -3.36. The molecular formula is C22H34FN6O10P. The largest absolute Gasteiger partial charge is 0.467 e. The van der Waals surface area contributed by atoms with Gasteiger partial charge >= 0.3 is 25.8 Å². The zero-order valence-electron chi connectivity index (χ0n) is 22.6. The van der Waals surface area contributed by atoms with Crippen LogP contribution < -0.4 is 10.8 Å². The molecule has 0 amide bonds. The maximum absolute atomic E-state index is 13.8. The first-order chi connectivity index (χ1) is 18.7. The number of esters is 2. The summed E-state index contributed by atoms with van der Waals surface area (Å²) in [5, 5.41) is 24.7. The van der Waals surface area contributed by atoms with Crippen molar-refractivity contribution in [3.8, 4) is 0 Å². The van der Waals surface area contributed by atoms with Crippen molar-refractivity contribution in [2.45, 2.75) is 64.2 Å². The number of imidazole rings is 1. The van der Waals surface area contributed by atoms with Crippen molar-refractivity contribution < 1.29 is 52.0 Å². The fourth-order valence-corrected chi connectivity index (χ4v) is 5.33. The minimum Gasteiger partial charge on any atom is -0.467 e. The molecule has 3 unspecified atom stereocenters. The number of nitrogens with zero attached hydrogens (tertiary/aromatic N) is 4. The van der Waals surface area contributed by atoms with Crippen molar-refractivity contribution in [2.24, 2.45) is 5.92 Å². The summed E-state index contributed by atoms with van der Waals surface area (Å²) >= 11 is 0. The van der Waals surface area contributed by atoms with E-state index in [1.165, 1.54) is 0 Å². The SMILES string of the molecule is COC(=O)COP(=O)(N[C@@H](CC(C)C)C(=O)OC(C)C)OC[C@H]1OCC(O)(n2cnc3c(N)nc(F)nc32)C1O. The van der Waals surface area contributed by atoms with Crippen molar-refractivity contribution in [2.75, 3.05) is 32.7 Å². The Kier molecular flexibility index (Phi) is 10.2. The number of aliphatic hydroxyl groups excluding tert-OH is 1. The normalized spacial score (nSPS) is 23.4. The Morgan fingerprint density at radius 2 is 2.02 bits per heavy atom. The molecule has 1 fully saturated rings. The highest BCUT2D eigenvalue weighted by Crippen LogP contribution is 2.46. The lowest BCUT2D eigenvalue weighted by Crippen LogP contribution is -2.47. The van der Waals surface area contributed by atoms with Crippen LogP contribution in [0.25, 0.3) is 11.2 Å². The first-order valence-corrected chi connectivity index (χ1v) is 13.9. The first-order valence-electron chi connectivity index (χ1n) is 12.3. The summed E-state index contributed by atoms with van der Waals surface area (Å²) in [6, 6.07) is -1.14. The lowest BCUT2D eigenvalue weighted by Gasteiger charge is -2.29. The van der Waals surface area contributed by atoms with Crippen molar-refractivity contribution in [3.05, 3.63) is 12.4 Å². The number of methoxy groups -OCH3 is 1. The first kappa shape index (κ1) is 31.7. The van der Waals surface area contributed by atoms with Gasteiger partial charge in [-0.25, -0.2) is 19.4 Å². The molecule has 0 radical (unpaired) electrons. The number of halogens is 1. The molecule has 5 N–H and O–H groups in total. The molecule has 1 aliphatic rings. The fraction of sp³-hybridized carbons (Fsp3) is 0.682. The Hall–Kier alpha value is -2.79. The third-order valence-electron chi connectivity index (χ3n) is 5.79. The molecule has 2 aromatic rings. The number of hydrogen-bond acceptors (Lipinski definition) is 14. The second-order valence-corrected chi connectivity index (χ2v) is 11.5. The van der Waals surface area contributed by atoms with Gasteiger partial charge in [-0.05, 0) is 26.2 Å². The summed E-state index contributed by atoms with van der Waals surface area (Å²) in [6.45, 7) is 4.98. The highest BCUT2D eigenvalue weighted by molar-refractivity contribution is 7.51. The van der Waals surface area contributed by atoms with Crippen LogP contribution >= 0.6 is 7.75 Å². The average molecular weight is 593 g/mol. The van der Waals surface area contributed by atoms with E-state index in [0.29, 0.717) is 0 Å². The summed E-state index contributed by atoms with van der Waals surface area (Å²) in [4.78, 5) is 35.3. The van der Waals surface area contributed by atoms with Gasteiger partial charge in [0.25, 0.3) is 0 Å². The van der Waals surface area contributed by atoms with Gasteiger partial charge in [0.1, 0.15) is 18.2 Å². The third kappa shape index (κ3) is 7.28. The van der Waals surface area contributed by atoms with E-state index in [4.69, 9.17) is 24.3 Å². The average Bonchev–Trinajstić information content (AvgIpc) is 3.42. The van der Waals surface area contributed by atoms with Crippen LogP contribution in [-0.2, 0) is 43.1 Å². The molecule has 5 atom stereocenters. The quantitative estimate of drug-likeness (QED) is 0.139. The second kappa shape index (κ2) is 12.8. The second-order valence-electron chi connectivity index (χ2n) is 9.78. The van der Waals surface area contributed by atoms with Gasteiger partial charge in [-0.15, -0.1) is 0 Å². The summed E-state index contributed by atoms with van der Waals surface area (Å²) < 4.78 is 54.4. The van der Waals surface area contributed by atoms with Gasteiger partial charge < -0.3 is 30.2 Å². The summed E-state index contributed by atoms with van der Waals surface area (Å²) in [5.41, 5.74) is 3.24. The molecule has 0 aliphatic carbocycles. The van der Waals surface area contributed by atoms with Crippen molar-refractivity contribution in [1.29, 1.82) is 0 Å². The smallest absolute Gasteiger partial charge is 0.406 e. The highest BCUT2D eigenvalue weighted by atomic mass is 31.2. The number of fused-ring (bicyclic) bond motifs is 1. The predicted molar refractivity (Wildman–Crippen MR) is 135 cm³/mol. The Labute approximate surface area is 228 Å². The van der Waals surface area contributed by atoms with Crippen molar-refractivity contribution in [1.82, 2.24) is 24.6 Å². The highest BCUT2D eigenvalue weighted by Gasteiger charge is 2.51. The van der Waals surface area contributed by atoms with E-state index < -0.39 is 75.7 Å². The molecule has 18 heteroatoms. The molecule has 224 valence electrons. The Morgan fingerprint density at radius 3 is 2.65 bits per heavy atom. The molecule has 0 spiro atoms. The van der Waals surface area contributed by atoms with E-state index in [1.807, 2.05) is 13.8 Å². The lowest BCUT2D eigenvalue weighted by atomic mass is 10.0. The van der Waals surface area contributed by atoms with Gasteiger partial charge in [-0.1, -0.05) is 13.8 Å². The van der Waals surface area contributed by atoms with Gasteiger partial charge in [0.15, 0.2) is 29.3 Å². The topological polar surface area (TPSA) is 219 Å². The van der Waals surface area contributed by atoms with Gasteiger partial charge in [-0.2, -0.15) is 14.4 Å². The molecule has 0 aromatic carbocycles. The van der Waals surface area contributed by atoms with Crippen LogP contribution in [0.4, 0.5) is 10.2 Å². The van der Waals surface area contributed by atoms with Crippen molar-refractivity contribution >= 4 is 36.7 Å². The molecule has 16 nitrogen and oxygen atoms in total. The fourth-order valence-electron chi connectivity index (χ4n) is 3.89. The maximum Gasteiger partial charge on any atom is 0.406 e. The molecular weight excluding hydrogens is 558 g/mol. The molecule has 0 bridgehead atoms. The number of nitrogen functional groups attached to an aromatic ring is 1. The summed E-state index contributed by atoms with van der Waals surface area (Å²) in [5.74, 6) is -1.92. The Morgan fingerprint density at radius 1 is 1.32 bits per heavy atom. The van der Waals surface area contributed by atoms with Gasteiger partial charge in [-0.3, -0.25) is 18.4 Å². The summed E-state index contributed by atoms with van der Waals surface area (Å²) in [6.07, 6.45) is -3.44. The van der Waals surface area contributed by atoms with Gasteiger partial charge in [0, 0.05) is 0 Å². The van der Waals surface area contributed by atoms with Crippen LogP contribution in [0.1, 0.15) is 34.1 Å². The molecule has 40 heavy (non-hydrogen) atoms. The van der Waals surface area contributed by atoms with Crippen molar-refractivity contribution in [3.63, 3.8) is 0 Å². The molecule has 1 aliphatic heterocycles. The minimum atomic E-state index is -4.46. The number of nitrogens with one attached hydrogen (secondary N) is 1. The van der Waals surface area contributed by atoms with E-state index in [-0.39, 0.29) is 29.3 Å². The number of anilines is 1. The van der Waals surface area contributed by atoms with Gasteiger partial charge in [0.2, 0.25) is 0 Å². The van der Waals surface area contributed by atoms with E-state index >= 15 is 0 Å². The lowest BCUT2D eigenvalue weighted by molar-refractivity contribution is -0.150.